The molecule has 1 aromatic carbocycles. The molecule has 0 aliphatic heterocycles. The average Bonchev–Trinajstić information content (AvgIpc) is 2.35. The molecule has 1 aromatic heterocycles. The fourth-order valence-corrected chi connectivity index (χ4v) is 1.92. The van der Waals surface area contributed by atoms with Gasteiger partial charge in [0, 0.05) is 5.41 Å². The third-order valence-electron chi connectivity index (χ3n) is 2.87. The Morgan fingerprint density at radius 3 is 2.40 bits per heavy atom. The van der Waals surface area contributed by atoms with Crippen molar-refractivity contribution in [3.63, 3.8) is 0 Å². The molecule has 0 atom stereocenters. The number of nitrogens with zero attached hydrogens (tertiary/aromatic N) is 2. The summed E-state index contributed by atoms with van der Waals surface area (Å²) in [6.07, 6.45) is 0. The van der Waals surface area contributed by atoms with Crippen LogP contribution < -0.4 is 11.0 Å². The van der Waals surface area contributed by atoms with Crippen molar-refractivity contribution in [2.24, 2.45) is 0 Å². The van der Waals surface area contributed by atoms with E-state index in [0.29, 0.717) is 5.69 Å². The molecule has 0 aliphatic rings. The second kappa shape index (κ2) is 5.20. The van der Waals surface area contributed by atoms with Gasteiger partial charge in [0.25, 0.3) is 5.56 Å². The van der Waals surface area contributed by atoms with Crippen molar-refractivity contribution in [3.8, 4) is 0 Å². The zero-order chi connectivity index (χ0) is 14.9. The quantitative estimate of drug-likeness (QED) is 0.835. The van der Waals surface area contributed by atoms with Crippen molar-refractivity contribution in [3.05, 3.63) is 50.6 Å². The Hall–Kier alpha value is -1.95. The van der Waals surface area contributed by atoms with Gasteiger partial charge in [-0.25, -0.2) is 0 Å². The number of hydrogen-bond donors (Lipinski definition) is 2. The van der Waals surface area contributed by atoms with Crippen LogP contribution in [-0.2, 0) is 5.41 Å². The molecule has 2 rings (SSSR count). The Labute approximate surface area is 122 Å². The number of rotatable bonds is 2. The van der Waals surface area contributed by atoms with Gasteiger partial charge in [-0.15, -0.1) is 0 Å². The first-order valence-electron chi connectivity index (χ1n) is 6.35. The lowest BCUT2D eigenvalue weighted by Gasteiger charge is -2.18. The summed E-state index contributed by atoms with van der Waals surface area (Å²) in [7, 11) is 0. The number of benzene rings is 1. The summed E-state index contributed by atoms with van der Waals surface area (Å²) in [6, 6.07) is 7.72. The lowest BCUT2D eigenvalue weighted by Crippen LogP contribution is -2.36. The molecule has 0 unspecified atom stereocenters. The second-order valence-electron chi connectivity index (χ2n) is 5.75. The third kappa shape index (κ3) is 2.96. The molecule has 2 N–H and O–H groups in total. The zero-order valence-electron chi connectivity index (χ0n) is 12.0. The smallest absolute Gasteiger partial charge is 0.289 e. The maximum Gasteiger partial charge on any atom is 0.295 e. The van der Waals surface area contributed by atoms with Crippen molar-refractivity contribution in [1.82, 2.24) is 14.9 Å². The molecule has 0 saturated heterocycles. The maximum absolute atomic E-state index is 12.5. The standard InChI is InChI=1S/C14H18N4OS/c1-9-5-7-10(8-6-9)17-18-12(19)11(14(2,3)4)15-16-13(18)20/h5-8,17H,1-4H3,(H,16,20). The summed E-state index contributed by atoms with van der Waals surface area (Å²) < 4.78 is 1.55. The van der Waals surface area contributed by atoms with E-state index in [1.165, 1.54) is 4.68 Å². The van der Waals surface area contributed by atoms with Gasteiger partial charge in [0.1, 0.15) is 5.69 Å². The van der Waals surface area contributed by atoms with Crippen molar-refractivity contribution >= 4 is 17.9 Å². The van der Waals surface area contributed by atoms with Crippen LogP contribution >= 0.6 is 12.2 Å². The highest BCUT2D eigenvalue weighted by atomic mass is 32.1. The molecule has 0 aliphatic carbocycles. The number of anilines is 1. The lowest BCUT2D eigenvalue weighted by molar-refractivity contribution is 0.533. The molecule has 6 heteroatoms. The van der Waals surface area contributed by atoms with Crippen LogP contribution in [0.1, 0.15) is 32.0 Å². The van der Waals surface area contributed by atoms with Gasteiger partial charge in [-0.2, -0.15) is 9.77 Å². The van der Waals surface area contributed by atoms with Crippen molar-refractivity contribution < 1.29 is 0 Å². The van der Waals surface area contributed by atoms with Crippen LogP contribution in [0.15, 0.2) is 29.1 Å². The Morgan fingerprint density at radius 1 is 1.25 bits per heavy atom. The summed E-state index contributed by atoms with van der Waals surface area (Å²) in [4.78, 5) is 12.5. The number of aryl methyl sites for hydroxylation is 1. The van der Waals surface area contributed by atoms with E-state index in [-0.39, 0.29) is 15.7 Å². The fourth-order valence-electron chi connectivity index (χ4n) is 1.75. The van der Waals surface area contributed by atoms with E-state index in [1.54, 1.807) is 0 Å². The Kier molecular flexibility index (Phi) is 3.76. The van der Waals surface area contributed by atoms with E-state index in [1.807, 2.05) is 52.0 Å². The molecule has 0 amide bonds. The topological polar surface area (TPSA) is 62.7 Å². The van der Waals surface area contributed by atoms with E-state index in [2.05, 4.69) is 15.6 Å². The first kappa shape index (κ1) is 14.5. The lowest BCUT2D eigenvalue weighted by atomic mass is 9.93. The van der Waals surface area contributed by atoms with Crippen molar-refractivity contribution in [1.29, 1.82) is 0 Å². The van der Waals surface area contributed by atoms with Gasteiger partial charge in [-0.3, -0.25) is 15.3 Å². The van der Waals surface area contributed by atoms with Crippen molar-refractivity contribution in [2.45, 2.75) is 33.1 Å². The highest BCUT2D eigenvalue weighted by Gasteiger charge is 2.21. The summed E-state index contributed by atoms with van der Waals surface area (Å²) in [6.45, 7) is 7.81. The zero-order valence-corrected chi connectivity index (χ0v) is 12.8. The maximum atomic E-state index is 12.5. The van der Waals surface area contributed by atoms with E-state index in [0.717, 1.165) is 11.3 Å². The number of aromatic nitrogens is 3. The number of hydrogen-bond acceptors (Lipinski definition) is 4. The Bertz CT molecular complexity index is 723. The molecule has 0 spiro atoms. The number of aromatic amines is 1. The molecule has 0 radical (unpaired) electrons. The molecule has 0 saturated carbocycles. The first-order valence-corrected chi connectivity index (χ1v) is 6.76. The van der Waals surface area contributed by atoms with Gasteiger partial charge in [-0.05, 0) is 31.3 Å². The summed E-state index contributed by atoms with van der Waals surface area (Å²) >= 11 is 5.13. The number of H-pyrrole nitrogens is 1. The van der Waals surface area contributed by atoms with Crippen molar-refractivity contribution in [2.75, 3.05) is 5.43 Å². The van der Waals surface area contributed by atoms with Crippen LogP contribution in [0, 0.1) is 11.7 Å². The summed E-state index contributed by atoms with van der Waals surface area (Å²) in [5, 5.41) is 6.78. The summed E-state index contributed by atoms with van der Waals surface area (Å²) in [5.41, 5.74) is 4.80. The van der Waals surface area contributed by atoms with E-state index >= 15 is 0 Å². The SMILES string of the molecule is Cc1ccc(Nn2c(=S)[nH]nc(C(C)(C)C)c2=O)cc1. The monoisotopic (exact) mass is 290 g/mol. The van der Waals surface area contributed by atoms with Gasteiger partial charge < -0.3 is 0 Å². The summed E-state index contributed by atoms with van der Waals surface area (Å²) in [5.74, 6) is 0. The number of nitrogens with one attached hydrogen (secondary N) is 2. The third-order valence-corrected chi connectivity index (χ3v) is 3.15. The molecule has 5 nitrogen and oxygen atoms in total. The van der Waals surface area contributed by atoms with Crippen LogP contribution in [0.5, 0.6) is 0 Å². The van der Waals surface area contributed by atoms with Gasteiger partial charge >= 0.3 is 0 Å². The van der Waals surface area contributed by atoms with Gasteiger partial charge in [0.05, 0.1) is 5.69 Å². The average molecular weight is 290 g/mol. The minimum absolute atomic E-state index is 0.234. The van der Waals surface area contributed by atoms with Gasteiger partial charge in [0.2, 0.25) is 4.77 Å². The predicted octanol–water partition coefficient (Wildman–Crippen LogP) is 2.78. The van der Waals surface area contributed by atoms with Crippen LogP contribution in [0.4, 0.5) is 5.69 Å². The largest absolute Gasteiger partial charge is 0.295 e. The minimum atomic E-state index is -0.354. The normalized spacial score (nSPS) is 11.4. The van der Waals surface area contributed by atoms with E-state index in [9.17, 15) is 4.79 Å². The molecular weight excluding hydrogens is 272 g/mol. The molecule has 106 valence electrons. The first-order chi connectivity index (χ1) is 9.29. The fraction of sp³-hybridized carbons (Fsp3) is 0.357. The highest BCUT2D eigenvalue weighted by Crippen LogP contribution is 2.15. The van der Waals surface area contributed by atoms with Crippen LogP contribution in [0.25, 0.3) is 0 Å². The molecule has 1 heterocycles. The van der Waals surface area contributed by atoms with Gasteiger partial charge in [0.15, 0.2) is 0 Å². The van der Waals surface area contributed by atoms with Gasteiger partial charge in [-0.1, -0.05) is 38.5 Å². The van der Waals surface area contributed by atoms with Crippen LogP contribution in [0.2, 0.25) is 0 Å². The molecule has 0 bridgehead atoms. The molecule has 20 heavy (non-hydrogen) atoms. The van der Waals surface area contributed by atoms with Crippen LogP contribution in [-0.4, -0.2) is 14.9 Å². The Morgan fingerprint density at radius 2 is 1.85 bits per heavy atom. The van der Waals surface area contributed by atoms with E-state index in [4.69, 9.17) is 12.2 Å². The predicted molar refractivity (Wildman–Crippen MR) is 82.6 cm³/mol. The molecule has 0 fully saturated rings. The molecular formula is C14H18N4OS. The molecule has 2 aromatic rings. The van der Waals surface area contributed by atoms with E-state index < -0.39 is 0 Å². The Balaban J connectivity index is 2.49. The highest BCUT2D eigenvalue weighted by molar-refractivity contribution is 7.71. The second-order valence-corrected chi connectivity index (χ2v) is 6.13. The minimum Gasteiger partial charge on any atom is -0.289 e. The van der Waals surface area contributed by atoms with Crippen LogP contribution in [0.3, 0.4) is 0 Å².